The monoisotopic (exact) mass is 378 g/mol. The molecule has 0 saturated heterocycles. The van der Waals surface area contributed by atoms with Crippen molar-refractivity contribution in [3.8, 4) is 11.8 Å². The van der Waals surface area contributed by atoms with E-state index in [4.69, 9.17) is 10.00 Å². The van der Waals surface area contributed by atoms with Gasteiger partial charge < -0.3 is 14.8 Å². The van der Waals surface area contributed by atoms with E-state index in [1.807, 2.05) is 6.07 Å². The second-order valence-corrected chi connectivity index (χ2v) is 5.63. The molecule has 0 saturated carbocycles. The highest BCUT2D eigenvalue weighted by atomic mass is 19.4. The highest BCUT2D eigenvalue weighted by molar-refractivity contribution is 5.77. The van der Waals surface area contributed by atoms with Crippen LogP contribution >= 0.6 is 0 Å². The van der Waals surface area contributed by atoms with Crippen LogP contribution in [0.15, 0.2) is 48.5 Å². The van der Waals surface area contributed by atoms with E-state index in [0.717, 1.165) is 5.56 Å². The highest BCUT2D eigenvalue weighted by Gasteiger charge is 2.27. The maximum Gasteiger partial charge on any atom is 0.411 e. The van der Waals surface area contributed by atoms with Gasteiger partial charge in [0.1, 0.15) is 12.4 Å². The van der Waals surface area contributed by atoms with Gasteiger partial charge in [-0.05, 0) is 35.4 Å². The van der Waals surface area contributed by atoms with Crippen LogP contribution in [0.3, 0.4) is 0 Å². The second kappa shape index (κ2) is 9.59. The first-order valence-electron chi connectivity index (χ1n) is 7.98. The summed E-state index contributed by atoms with van der Waals surface area (Å²) >= 11 is 0. The maximum absolute atomic E-state index is 12.0. The molecule has 0 atom stereocenters. The average molecular weight is 378 g/mol. The van der Waals surface area contributed by atoms with Crippen molar-refractivity contribution in [1.29, 1.82) is 5.26 Å². The van der Waals surface area contributed by atoms with Gasteiger partial charge in [-0.2, -0.15) is 18.4 Å². The lowest BCUT2D eigenvalue weighted by Gasteiger charge is -2.09. The predicted octanol–water partition coefficient (Wildman–Crippen LogP) is 3.33. The molecule has 0 radical (unpaired) electrons. The van der Waals surface area contributed by atoms with Crippen LogP contribution in [0.5, 0.6) is 5.75 Å². The molecule has 2 aromatic rings. The van der Waals surface area contributed by atoms with Crippen molar-refractivity contribution in [3.63, 3.8) is 0 Å². The molecule has 1 N–H and O–H groups in total. The fraction of sp³-hybridized carbons (Fsp3) is 0.263. The number of nitriles is 1. The molecule has 0 aliphatic rings. The van der Waals surface area contributed by atoms with E-state index in [2.05, 4.69) is 10.1 Å². The molecular formula is C19H17F3N2O3. The summed E-state index contributed by atoms with van der Waals surface area (Å²) in [5.74, 6) is 0.157. The summed E-state index contributed by atoms with van der Waals surface area (Å²) in [7, 11) is 0. The molecule has 0 heterocycles. The van der Waals surface area contributed by atoms with Gasteiger partial charge >= 0.3 is 6.18 Å². The Morgan fingerprint density at radius 3 is 2.26 bits per heavy atom. The Bertz CT molecular complexity index is 782. The number of hydrogen-bond donors (Lipinski definition) is 1. The van der Waals surface area contributed by atoms with Gasteiger partial charge in [-0.1, -0.05) is 24.3 Å². The number of benzene rings is 2. The summed E-state index contributed by atoms with van der Waals surface area (Å²) in [5, 5.41) is 11.4. The lowest BCUT2D eigenvalue weighted by Crippen LogP contribution is -2.28. The molecule has 0 spiro atoms. The first-order valence-corrected chi connectivity index (χ1v) is 7.98. The van der Waals surface area contributed by atoms with E-state index in [9.17, 15) is 18.0 Å². The molecule has 27 heavy (non-hydrogen) atoms. The van der Waals surface area contributed by atoms with E-state index in [1.54, 1.807) is 48.5 Å². The molecule has 142 valence electrons. The van der Waals surface area contributed by atoms with Crippen molar-refractivity contribution in [2.75, 3.05) is 13.2 Å². The minimum absolute atomic E-state index is 0.134. The van der Waals surface area contributed by atoms with Crippen LogP contribution in [0.2, 0.25) is 0 Å². The second-order valence-electron chi connectivity index (χ2n) is 5.63. The van der Waals surface area contributed by atoms with E-state index >= 15 is 0 Å². The van der Waals surface area contributed by atoms with E-state index < -0.39 is 12.8 Å². The number of hydrogen-bond acceptors (Lipinski definition) is 4. The van der Waals surface area contributed by atoms with Crippen molar-refractivity contribution < 1.29 is 27.4 Å². The number of carbonyl (C=O) groups is 1. The summed E-state index contributed by atoms with van der Waals surface area (Å²) in [6.45, 7) is -1.33. The van der Waals surface area contributed by atoms with Gasteiger partial charge in [0, 0.05) is 6.54 Å². The third kappa shape index (κ3) is 7.79. The van der Waals surface area contributed by atoms with Crippen LogP contribution < -0.4 is 10.1 Å². The van der Waals surface area contributed by atoms with E-state index in [1.165, 1.54) is 0 Å². The number of ether oxygens (including phenoxy) is 2. The number of amides is 1. The number of halogens is 3. The molecule has 2 aromatic carbocycles. The maximum atomic E-state index is 12.0. The Hall–Kier alpha value is -3.05. The highest BCUT2D eigenvalue weighted by Crippen LogP contribution is 2.16. The van der Waals surface area contributed by atoms with E-state index in [-0.39, 0.29) is 25.7 Å². The van der Waals surface area contributed by atoms with Crippen molar-refractivity contribution in [2.24, 2.45) is 0 Å². The number of nitrogens with one attached hydrogen (secondary N) is 1. The summed E-state index contributed by atoms with van der Waals surface area (Å²) < 4.78 is 45.9. The van der Waals surface area contributed by atoms with Crippen molar-refractivity contribution in [3.05, 3.63) is 65.2 Å². The molecule has 0 bridgehead atoms. The Kier molecular flexibility index (Phi) is 7.20. The predicted molar refractivity (Wildman–Crippen MR) is 90.7 cm³/mol. The zero-order valence-electron chi connectivity index (χ0n) is 14.3. The standard InChI is InChI=1S/C19H17F3N2O3/c20-19(21,22)13-26-11-16-3-1-15(2-4-16)10-24-18(25)12-27-17-7-5-14(9-23)6-8-17/h1-8H,10-13H2,(H,24,25). The van der Waals surface area contributed by atoms with Gasteiger partial charge in [-0.15, -0.1) is 0 Å². The third-order valence-electron chi connectivity index (χ3n) is 3.40. The number of carbonyl (C=O) groups excluding carboxylic acids is 1. The van der Waals surface area contributed by atoms with Crippen molar-refractivity contribution in [2.45, 2.75) is 19.3 Å². The van der Waals surface area contributed by atoms with Crippen LogP contribution in [-0.2, 0) is 22.7 Å². The fourth-order valence-electron chi connectivity index (χ4n) is 2.06. The van der Waals surface area contributed by atoms with Crippen molar-refractivity contribution in [1.82, 2.24) is 5.32 Å². The smallest absolute Gasteiger partial charge is 0.411 e. The molecule has 0 aromatic heterocycles. The Labute approximate surface area is 154 Å². The van der Waals surface area contributed by atoms with Gasteiger partial charge in [0.15, 0.2) is 6.61 Å². The molecular weight excluding hydrogens is 361 g/mol. The SMILES string of the molecule is N#Cc1ccc(OCC(=O)NCc2ccc(COCC(F)(F)F)cc2)cc1. The number of nitrogens with zero attached hydrogens (tertiary/aromatic N) is 1. The van der Waals surface area contributed by atoms with Crippen LogP contribution in [0.4, 0.5) is 13.2 Å². The minimum atomic E-state index is -4.34. The summed E-state index contributed by atoms with van der Waals surface area (Å²) in [6, 6.07) is 15.1. The van der Waals surface area contributed by atoms with Crippen LogP contribution in [-0.4, -0.2) is 25.3 Å². The normalized spacial score (nSPS) is 10.9. The largest absolute Gasteiger partial charge is 0.484 e. The van der Waals surface area contributed by atoms with Gasteiger partial charge in [-0.25, -0.2) is 0 Å². The summed E-state index contributed by atoms with van der Waals surface area (Å²) in [5.41, 5.74) is 1.90. The fourth-order valence-corrected chi connectivity index (χ4v) is 2.06. The molecule has 0 fully saturated rings. The van der Waals surface area contributed by atoms with Crippen LogP contribution in [0, 0.1) is 11.3 Å². The Morgan fingerprint density at radius 2 is 1.67 bits per heavy atom. The molecule has 2 rings (SSSR count). The van der Waals surface area contributed by atoms with Crippen molar-refractivity contribution >= 4 is 5.91 Å². The Morgan fingerprint density at radius 1 is 1.04 bits per heavy atom. The lowest BCUT2D eigenvalue weighted by atomic mass is 10.1. The molecule has 0 aliphatic carbocycles. The Balaban J connectivity index is 1.70. The van der Waals surface area contributed by atoms with Crippen LogP contribution in [0.25, 0.3) is 0 Å². The quantitative estimate of drug-likeness (QED) is 0.765. The minimum Gasteiger partial charge on any atom is -0.484 e. The molecule has 8 heteroatoms. The lowest BCUT2D eigenvalue weighted by molar-refractivity contribution is -0.176. The summed E-state index contributed by atoms with van der Waals surface area (Å²) in [4.78, 5) is 11.8. The molecule has 1 amide bonds. The third-order valence-corrected chi connectivity index (χ3v) is 3.40. The van der Waals surface area contributed by atoms with Gasteiger partial charge in [0.05, 0.1) is 18.2 Å². The van der Waals surface area contributed by atoms with E-state index in [0.29, 0.717) is 16.9 Å². The number of alkyl halides is 3. The van der Waals surface area contributed by atoms with Gasteiger partial charge in [0.2, 0.25) is 0 Å². The molecule has 5 nitrogen and oxygen atoms in total. The zero-order chi connectivity index (χ0) is 19.7. The first kappa shape index (κ1) is 20.3. The topological polar surface area (TPSA) is 71.3 Å². The van der Waals surface area contributed by atoms with Gasteiger partial charge in [0.25, 0.3) is 5.91 Å². The average Bonchev–Trinajstić information content (AvgIpc) is 2.65. The van der Waals surface area contributed by atoms with Crippen LogP contribution in [0.1, 0.15) is 16.7 Å². The first-order chi connectivity index (χ1) is 12.9. The zero-order valence-corrected chi connectivity index (χ0v) is 14.3. The number of rotatable bonds is 8. The van der Waals surface area contributed by atoms with Gasteiger partial charge in [-0.3, -0.25) is 4.79 Å². The molecule has 0 unspecified atom stereocenters. The molecule has 0 aliphatic heterocycles. The summed E-state index contributed by atoms with van der Waals surface area (Å²) in [6.07, 6.45) is -4.34.